The van der Waals surface area contributed by atoms with Gasteiger partial charge in [-0.25, -0.2) is 9.78 Å². The fourth-order valence-corrected chi connectivity index (χ4v) is 2.80. The number of hydrogen-bond donors (Lipinski definition) is 8. The van der Waals surface area contributed by atoms with Gasteiger partial charge in [0.15, 0.2) is 0 Å². The van der Waals surface area contributed by atoms with Gasteiger partial charge in [0.25, 0.3) is 0 Å². The minimum Gasteiger partial charge on any atom is -0.480 e. The molecule has 0 aromatic carbocycles. The van der Waals surface area contributed by atoms with Crippen LogP contribution < -0.4 is 21.7 Å². The molecule has 8 N–H and O–H groups in total. The third-order valence-electron chi connectivity index (χ3n) is 4.48. The van der Waals surface area contributed by atoms with Crippen molar-refractivity contribution in [2.45, 2.75) is 57.5 Å². The molecule has 1 aromatic rings. The van der Waals surface area contributed by atoms with E-state index in [0.29, 0.717) is 5.69 Å². The maximum absolute atomic E-state index is 12.8. The quantitative estimate of drug-likeness (QED) is 0.161. The van der Waals surface area contributed by atoms with Crippen LogP contribution in [-0.4, -0.2) is 79.9 Å². The van der Waals surface area contributed by atoms with E-state index in [4.69, 9.17) is 5.73 Å². The predicted molar refractivity (Wildman–Crippen MR) is 114 cm³/mol. The number of hydrogen-bond acceptors (Lipinski definition) is 8. The number of nitrogens with zero attached hydrogens (tertiary/aromatic N) is 1. The lowest BCUT2D eigenvalue weighted by molar-refractivity contribution is -0.143. The summed E-state index contributed by atoms with van der Waals surface area (Å²) in [6, 6.07) is -4.70. The first-order valence-corrected chi connectivity index (χ1v) is 10.3. The van der Waals surface area contributed by atoms with E-state index in [2.05, 4.69) is 38.5 Å². The number of aromatic nitrogens is 2. The van der Waals surface area contributed by atoms with E-state index in [0.717, 1.165) is 0 Å². The van der Waals surface area contributed by atoms with Crippen molar-refractivity contribution >= 4 is 36.3 Å². The second kappa shape index (κ2) is 12.3. The summed E-state index contributed by atoms with van der Waals surface area (Å²) in [7, 11) is 0. The number of H-pyrrole nitrogens is 1. The molecule has 0 fully saturated rings. The molecule has 0 saturated heterocycles. The number of imidazole rings is 1. The van der Waals surface area contributed by atoms with Gasteiger partial charge in [-0.2, -0.15) is 12.6 Å². The van der Waals surface area contributed by atoms with Crippen LogP contribution in [0.5, 0.6) is 0 Å². The summed E-state index contributed by atoms with van der Waals surface area (Å²) < 4.78 is 0. The van der Waals surface area contributed by atoms with Gasteiger partial charge in [0.2, 0.25) is 17.7 Å². The second-order valence-corrected chi connectivity index (χ2v) is 7.79. The van der Waals surface area contributed by atoms with Crippen LogP contribution in [0.15, 0.2) is 12.5 Å². The second-order valence-electron chi connectivity index (χ2n) is 7.42. The van der Waals surface area contributed by atoms with E-state index < -0.39 is 59.9 Å². The highest BCUT2D eigenvalue weighted by molar-refractivity contribution is 7.80. The molecule has 13 heteroatoms. The Morgan fingerprint density at radius 1 is 1.10 bits per heavy atom. The van der Waals surface area contributed by atoms with Gasteiger partial charge in [0.1, 0.15) is 24.2 Å². The molecule has 1 aromatic heterocycles. The van der Waals surface area contributed by atoms with Gasteiger partial charge in [-0.05, 0) is 12.8 Å². The molecular weight excluding hydrogens is 428 g/mol. The van der Waals surface area contributed by atoms with Crippen molar-refractivity contribution in [3.63, 3.8) is 0 Å². The standard InChI is InChI=1S/C18H30N6O6S/c1-8(2)14(18(29)30)24-15(26)11(4-10-5-20-7-21-10)22-16(27)12(6-31)23-17(28)13(19)9(3)25/h5,7-9,11-14,25,31H,4,6,19H2,1-3H3,(H,20,21)(H,22,27)(H,23,28)(H,24,26)(H,29,30). The minimum atomic E-state index is -1.25. The number of rotatable bonds is 12. The first kappa shape index (κ1) is 26.4. The van der Waals surface area contributed by atoms with Crippen LogP contribution >= 0.6 is 12.6 Å². The first-order valence-electron chi connectivity index (χ1n) is 9.63. The number of amides is 3. The predicted octanol–water partition coefficient (Wildman–Crippen LogP) is -2.21. The number of carboxylic acids is 1. The maximum Gasteiger partial charge on any atom is 0.326 e. The number of thiol groups is 1. The topological polar surface area (TPSA) is 200 Å². The van der Waals surface area contributed by atoms with Crippen LogP contribution in [0.4, 0.5) is 0 Å². The summed E-state index contributed by atoms with van der Waals surface area (Å²) in [5.41, 5.74) is 6.09. The number of aliphatic carboxylic acids is 1. The van der Waals surface area contributed by atoms with Crippen LogP contribution in [0, 0.1) is 5.92 Å². The fraction of sp³-hybridized carbons (Fsp3) is 0.611. The Kier molecular flexibility index (Phi) is 10.4. The van der Waals surface area contributed by atoms with E-state index in [1.54, 1.807) is 13.8 Å². The van der Waals surface area contributed by atoms with Crippen molar-refractivity contribution in [3.05, 3.63) is 18.2 Å². The van der Waals surface area contributed by atoms with Gasteiger partial charge < -0.3 is 36.9 Å². The van der Waals surface area contributed by atoms with Crippen molar-refractivity contribution in [3.8, 4) is 0 Å². The molecule has 0 aliphatic rings. The van der Waals surface area contributed by atoms with E-state index >= 15 is 0 Å². The summed E-state index contributed by atoms with van der Waals surface area (Å²) in [6.45, 7) is 4.61. The Morgan fingerprint density at radius 2 is 1.68 bits per heavy atom. The van der Waals surface area contributed by atoms with E-state index in [-0.39, 0.29) is 12.2 Å². The van der Waals surface area contributed by atoms with Gasteiger partial charge in [0.05, 0.1) is 12.4 Å². The minimum absolute atomic E-state index is 0.00241. The smallest absolute Gasteiger partial charge is 0.326 e. The summed E-state index contributed by atoms with van der Waals surface area (Å²) in [6.07, 6.45) is 1.73. The van der Waals surface area contributed by atoms with Crippen LogP contribution in [0.1, 0.15) is 26.5 Å². The van der Waals surface area contributed by atoms with Crippen LogP contribution in [-0.2, 0) is 25.6 Å². The molecule has 3 amide bonds. The molecule has 0 aliphatic carbocycles. The molecule has 5 unspecified atom stereocenters. The fourth-order valence-electron chi connectivity index (χ4n) is 2.55. The van der Waals surface area contributed by atoms with Gasteiger partial charge in [0, 0.05) is 24.1 Å². The molecule has 12 nitrogen and oxygen atoms in total. The largest absolute Gasteiger partial charge is 0.480 e. The third kappa shape index (κ3) is 8.19. The van der Waals surface area contributed by atoms with Gasteiger partial charge in [-0.15, -0.1) is 0 Å². The summed E-state index contributed by atoms with van der Waals surface area (Å²) in [5.74, 6) is -3.90. The Bertz CT molecular complexity index is 757. The highest BCUT2D eigenvalue weighted by Crippen LogP contribution is 2.05. The molecular formula is C18H30N6O6S. The monoisotopic (exact) mass is 458 g/mol. The number of nitrogens with one attached hydrogen (secondary N) is 4. The van der Waals surface area contributed by atoms with Crippen molar-refractivity contribution in [1.82, 2.24) is 25.9 Å². The third-order valence-corrected chi connectivity index (χ3v) is 4.85. The zero-order valence-electron chi connectivity index (χ0n) is 17.5. The van der Waals surface area contributed by atoms with E-state index in [1.165, 1.54) is 19.4 Å². The molecule has 0 spiro atoms. The van der Waals surface area contributed by atoms with Gasteiger partial charge in [-0.3, -0.25) is 14.4 Å². The Labute approximate surface area is 185 Å². The summed E-state index contributed by atoms with van der Waals surface area (Å²) in [4.78, 5) is 55.6. The Hall–Kier alpha value is -2.64. The van der Waals surface area contributed by atoms with E-state index in [9.17, 15) is 29.4 Å². The van der Waals surface area contributed by atoms with Crippen molar-refractivity contribution in [2.24, 2.45) is 11.7 Å². The lowest BCUT2D eigenvalue weighted by Gasteiger charge is -2.25. The van der Waals surface area contributed by atoms with Crippen LogP contribution in [0.2, 0.25) is 0 Å². The molecule has 1 rings (SSSR count). The molecule has 0 bridgehead atoms. The molecule has 0 saturated carbocycles. The number of nitrogens with two attached hydrogens (primary N) is 1. The van der Waals surface area contributed by atoms with Gasteiger partial charge in [-0.1, -0.05) is 13.8 Å². The lowest BCUT2D eigenvalue weighted by atomic mass is 10.0. The maximum atomic E-state index is 12.8. The number of carbonyl (C=O) groups excluding carboxylic acids is 3. The number of aromatic amines is 1. The molecule has 0 radical (unpaired) electrons. The van der Waals surface area contributed by atoms with Crippen molar-refractivity contribution < 1.29 is 29.4 Å². The number of carboxylic acid groups (broad SMARTS) is 1. The molecule has 5 atom stereocenters. The summed E-state index contributed by atoms with van der Waals surface area (Å²) in [5, 5.41) is 26.1. The van der Waals surface area contributed by atoms with Gasteiger partial charge >= 0.3 is 5.97 Å². The average molecular weight is 459 g/mol. The molecule has 31 heavy (non-hydrogen) atoms. The molecule has 1 heterocycles. The highest BCUT2D eigenvalue weighted by atomic mass is 32.1. The van der Waals surface area contributed by atoms with Crippen molar-refractivity contribution in [1.29, 1.82) is 0 Å². The van der Waals surface area contributed by atoms with E-state index in [1.807, 2.05) is 0 Å². The van der Waals surface area contributed by atoms with Crippen LogP contribution in [0.25, 0.3) is 0 Å². The number of aliphatic hydroxyl groups excluding tert-OH is 1. The summed E-state index contributed by atoms with van der Waals surface area (Å²) >= 11 is 4.05. The Balaban J connectivity index is 2.97. The molecule has 174 valence electrons. The lowest BCUT2D eigenvalue weighted by Crippen LogP contribution is -2.59. The van der Waals surface area contributed by atoms with Crippen LogP contribution in [0.3, 0.4) is 0 Å². The SMILES string of the molecule is CC(C)C(NC(=O)C(Cc1cnc[nH]1)NC(=O)C(CS)NC(=O)C(N)C(C)O)C(=O)O. The molecule has 0 aliphatic heterocycles. The van der Waals surface area contributed by atoms with Crippen molar-refractivity contribution in [2.75, 3.05) is 5.75 Å². The zero-order chi connectivity index (χ0) is 23.7. The highest BCUT2D eigenvalue weighted by Gasteiger charge is 2.31. The Morgan fingerprint density at radius 3 is 2.13 bits per heavy atom. The normalized spacial score (nSPS) is 16.0. The average Bonchev–Trinajstić information content (AvgIpc) is 3.20. The number of carbonyl (C=O) groups is 4. The number of aliphatic hydroxyl groups is 1. The first-order chi connectivity index (χ1) is 14.5. The zero-order valence-corrected chi connectivity index (χ0v) is 18.4.